The van der Waals surface area contributed by atoms with Crippen LogP contribution < -0.4 is 0 Å². The van der Waals surface area contributed by atoms with Crippen molar-refractivity contribution in [2.45, 2.75) is 41.5 Å². The van der Waals surface area contributed by atoms with Crippen molar-refractivity contribution < 1.29 is 17.0 Å². The molecule has 1 rings (SSSR count). The van der Waals surface area contributed by atoms with Crippen LogP contribution in [0.3, 0.4) is 0 Å². The van der Waals surface area contributed by atoms with Crippen LogP contribution in [0.2, 0.25) is 0 Å². The summed E-state index contributed by atoms with van der Waals surface area (Å²) < 4.78 is 0. The summed E-state index contributed by atoms with van der Waals surface area (Å²) in [6.45, 7) is 13.3. The quantitative estimate of drug-likeness (QED) is 0.287. The first kappa shape index (κ1) is 31.0. The number of rotatable bonds is 0. The fraction of sp³-hybridized carbons (Fsp3) is 0.500. The molecule has 0 aliphatic heterocycles. The minimum absolute atomic E-state index is 0.556. The molecule has 0 nitrogen and oxygen atoms in total. The molecule has 23 heavy (non-hydrogen) atoms. The molecule has 1 aromatic rings. The molecule has 0 fully saturated rings. The molecule has 0 radical (unpaired) electrons. The third-order valence-corrected chi connectivity index (χ3v) is 3.38. The van der Waals surface area contributed by atoms with Gasteiger partial charge in [0.25, 0.3) is 0 Å². The van der Waals surface area contributed by atoms with Gasteiger partial charge in [-0.05, 0) is 74.9 Å². The summed E-state index contributed by atoms with van der Waals surface area (Å²) in [4.78, 5) is 0. The van der Waals surface area contributed by atoms with Gasteiger partial charge in [-0.3, -0.25) is 0 Å². The van der Waals surface area contributed by atoms with Gasteiger partial charge in [0.05, 0.1) is 0 Å². The van der Waals surface area contributed by atoms with Crippen LogP contribution in [0.15, 0.2) is 0 Å². The van der Waals surface area contributed by atoms with Crippen molar-refractivity contribution in [1.82, 2.24) is 0 Å². The van der Waals surface area contributed by atoms with E-state index < -0.39 is 39.8 Å². The van der Waals surface area contributed by atoms with E-state index in [0.29, 0.717) is 0 Å². The minimum atomic E-state index is -1.72. The Morgan fingerprint density at radius 1 is 0.478 bits per heavy atom. The van der Waals surface area contributed by atoms with E-state index in [1.807, 2.05) is 0 Å². The first-order valence-corrected chi connectivity index (χ1v) is 21.0. The molecule has 1 aromatic carbocycles. The second kappa shape index (κ2) is 18.7. The molecule has 0 spiro atoms. The van der Waals surface area contributed by atoms with Crippen LogP contribution in [0.5, 0.6) is 0 Å². The second-order valence-corrected chi connectivity index (χ2v) is 19.8. The van der Waals surface area contributed by atoms with Gasteiger partial charge in [-0.2, -0.15) is 0 Å². The van der Waals surface area contributed by atoms with Crippen LogP contribution in [0.1, 0.15) is 33.4 Å². The number of halogens is 8. The van der Waals surface area contributed by atoms with Crippen molar-refractivity contribution in [3.05, 3.63) is 33.4 Å². The molecular formula is C12H18Al2Cl8Ti. The van der Waals surface area contributed by atoms with Crippen LogP contribution in [0, 0.1) is 41.5 Å². The molecule has 0 aliphatic rings. The van der Waals surface area contributed by atoms with Crippen molar-refractivity contribution in [3.63, 3.8) is 0 Å². The summed E-state index contributed by atoms with van der Waals surface area (Å²) in [6, 6.07) is 0. The van der Waals surface area contributed by atoms with Crippen LogP contribution in [0.4, 0.5) is 0 Å². The van der Waals surface area contributed by atoms with E-state index in [0.717, 1.165) is 0 Å². The Balaban J connectivity index is -0.000000301. The third-order valence-electron chi connectivity index (χ3n) is 3.38. The van der Waals surface area contributed by atoms with Crippen LogP contribution in [0.25, 0.3) is 0 Å². The van der Waals surface area contributed by atoms with E-state index in [9.17, 15) is 0 Å². The molecule has 0 saturated heterocycles. The van der Waals surface area contributed by atoms with Crippen LogP contribution in [-0.4, -0.2) is 22.8 Å². The molecule has 0 N–H and O–H groups in total. The maximum atomic E-state index is 4.94. The summed E-state index contributed by atoms with van der Waals surface area (Å²) in [5.74, 6) is 0. The van der Waals surface area contributed by atoms with Crippen molar-refractivity contribution in [2.75, 3.05) is 0 Å². The molecule has 0 aliphatic carbocycles. The predicted octanol–water partition coefficient (Wildman–Crippen LogP) is 8.29. The van der Waals surface area contributed by atoms with Gasteiger partial charge in [0, 0.05) is 0 Å². The molecule has 11 heteroatoms. The normalized spacial score (nSPS) is 8.43. The zero-order valence-electron chi connectivity index (χ0n) is 13.7. The van der Waals surface area contributed by atoms with Gasteiger partial charge in [0.15, 0.2) is 0 Å². The van der Waals surface area contributed by atoms with Crippen molar-refractivity contribution in [1.29, 1.82) is 0 Å². The Bertz CT molecular complexity index is 327. The summed E-state index contributed by atoms with van der Waals surface area (Å²) in [7, 11) is 39.4. The van der Waals surface area contributed by atoms with Crippen LogP contribution >= 0.6 is 78.9 Å². The van der Waals surface area contributed by atoms with Crippen LogP contribution in [-0.2, 0) is 17.0 Å². The molecular weight excluding hydrogens is 530 g/mol. The van der Waals surface area contributed by atoms with Gasteiger partial charge >= 0.3 is 58.4 Å². The Kier molecular flexibility index (Phi) is 25.2. The predicted molar refractivity (Wildman–Crippen MR) is 113 cm³/mol. The molecule has 0 bridgehead atoms. The zero-order chi connectivity index (χ0) is 19.3. The molecule has 132 valence electrons. The summed E-state index contributed by atoms with van der Waals surface area (Å²) in [5, 5.41) is 0. The Hall–Kier alpha value is 3.32. The van der Waals surface area contributed by atoms with Crippen molar-refractivity contribution >= 4 is 102 Å². The van der Waals surface area contributed by atoms with Gasteiger partial charge in [0.2, 0.25) is 0 Å². The summed E-state index contributed by atoms with van der Waals surface area (Å²) >= 11 is -4.00. The Labute approximate surface area is 191 Å². The van der Waals surface area contributed by atoms with E-state index in [1.54, 1.807) is 0 Å². The van der Waals surface area contributed by atoms with Crippen molar-refractivity contribution in [3.8, 4) is 0 Å². The molecule has 0 unspecified atom stereocenters. The first-order valence-electron chi connectivity index (χ1n) is 6.19. The van der Waals surface area contributed by atoms with Crippen molar-refractivity contribution in [2.24, 2.45) is 0 Å². The standard InChI is InChI=1S/C12H18.2Al.8ClH.Ti/c1-7-8(2)10(4)12(6)11(5)9(7)3;;;;;;;;;;;/h1-6H3;;;8*1H;/q;2*+3;;;;;;;;;+2/p-8. The van der Waals surface area contributed by atoms with Gasteiger partial charge in [-0.1, -0.05) is 0 Å². The van der Waals surface area contributed by atoms with Gasteiger partial charge in [-0.15, -0.1) is 0 Å². The zero-order valence-corrected chi connectivity index (χ0v) is 23.6. The average Bonchev–Trinajstić information content (AvgIpc) is 2.40. The monoisotopic (exact) mass is 544 g/mol. The number of hydrogen-bond donors (Lipinski definition) is 0. The summed E-state index contributed by atoms with van der Waals surface area (Å²) in [6.07, 6.45) is 0. The number of benzene rings is 1. The molecule has 0 aromatic heterocycles. The van der Waals surface area contributed by atoms with Gasteiger partial charge in [-0.25, -0.2) is 60.3 Å². The average molecular weight is 548 g/mol. The van der Waals surface area contributed by atoms with E-state index in [-0.39, 0.29) is 0 Å². The molecule has 0 atom stereocenters. The molecule has 0 saturated carbocycles. The maximum absolute atomic E-state index is 4.94. The van der Waals surface area contributed by atoms with E-state index >= 15 is 0 Å². The Morgan fingerprint density at radius 2 is 0.522 bits per heavy atom. The fourth-order valence-corrected chi connectivity index (χ4v) is 1.69. The van der Waals surface area contributed by atoms with E-state index in [2.05, 4.69) is 41.5 Å². The molecule has 0 heterocycles. The van der Waals surface area contributed by atoms with Gasteiger partial charge in [0.1, 0.15) is 0 Å². The second-order valence-electron chi connectivity index (χ2n) is 4.32. The SMILES string of the molecule is Cc1c(C)c(C)c(C)c(C)c1C.[Cl][Al]([Cl])[Cl].[Cl][Al]([Cl])[Cl].[Cl][Ti][Cl]. The fourth-order valence-electron chi connectivity index (χ4n) is 1.69. The summed E-state index contributed by atoms with van der Waals surface area (Å²) in [5.41, 5.74) is 8.73. The van der Waals surface area contributed by atoms with E-state index in [1.165, 1.54) is 33.4 Å². The number of hydrogen-bond acceptors (Lipinski definition) is 0. The molecule has 0 amide bonds. The third kappa shape index (κ3) is 18.4. The van der Waals surface area contributed by atoms with E-state index in [4.69, 9.17) is 78.9 Å². The topological polar surface area (TPSA) is 0 Å². The van der Waals surface area contributed by atoms with Gasteiger partial charge < -0.3 is 0 Å². The Morgan fingerprint density at radius 3 is 0.565 bits per heavy atom. The first-order chi connectivity index (χ1) is 10.3.